The number of aryl methyl sites for hydroxylation is 1. The van der Waals surface area contributed by atoms with Gasteiger partial charge < -0.3 is 9.88 Å². The lowest BCUT2D eigenvalue weighted by molar-refractivity contribution is 0.754. The summed E-state index contributed by atoms with van der Waals surface area (Å²) in [4.78, 5) is 15.9. The molecular formula is C13H15N3O. The van der Waals surface area contributed by atoms with Crippen LogP contribution in [0.25, 0.3) is 0 Å². The van der Waals surface area contributed by atoms with Gasteiger partial charge in [0.2, 0.25) is 0 Å². The quantitative estimate of drug-likeness (QED) is 0.870. The van der Waals surface area contributed by atoms with Crippen LogP contribution in [0.15, 0.2) is 41.5 Å². The van der Waals surface area contributed by atoms with Gasteiger partial charge in [-0.1, -0.05) is 6.07 Å². The van der Waals surface area contributed by atoms with Gasteiger partial charge in [0.15, 0.2) is 0 Å². The molecule has 0 bridgehead atoms. The van der Waals surface area contributed by atoms with Crippen molar-refractivity contribution in [2.24, 2.45) is 0 Å². The molecule has 17 heavy (non-hydrogen) atoms. The van der Waals surface area contributed by atoms with Crippen molar-refractivity contribution in [1.82, 2.24) is 9.55 Å². The molecule has 0 aliphatic carbocycles. The molecule has 2 aromatic heterocycles. The van der Waals surface area contributed by atoms with Crippen molar-refractivity contribution in [2.45, 2.75) is 13.5 Å². The Morgan fingerprint density at radius 2 is 2.18 bits per heavy atom. The molecule has 0 unspecified atom stereocenters. The van der Waals surface area contributed by atoms with E-state index in [1.807, 2.05) is 38.4 Å². The molecule has 0 fully saturated rings. The summed E-state index contributed by atoms with van der Waals surface area (Å²) in [7, 11) is 1.83. The minimum absolute atomic E-state index is 0.0164. The largest absolute Gasteiger partial charge is 0.373 e. The maximum Gasteiger partial charge on any atom is 0.251 e. The fourth-order valence-corrected chi connectivity index (χ4v) is 1.60. The van der Waals surface area contributed by atoms with Gasteiger partial charge in [-0.25, -0.2) is 4.98 Å². The molecule has 4 heteroatoms. The summed E-state index contributed by atoms with van der Waals surface area (Å²) >= 11 is 0. The van der Waals surface area contributed by atoms with Gasteiger partial charge in [-0.3, -0.25) is 4.79 Å². The van der Waals surface area contributed by atoms with Gasteiger partial charge in [-0.05, 0) is 30.2 Å². The van der Waals surface area contributed by atoms with E-state index in [1.54, 1.807) is 16.8 Å². The summed E-state index contributed by atoms with van der Waals surface area (Å²) in [6, 6.07) is 7.42. The smallest absolute Gasteiger partial charge is 0.251 e. The fourth-order valence-electron chi connectivity index (χ4n) is 1.60. The van der Waals surface area contributed by atoms with Gasteiger partial charge >= 0.3 is 0 Å². The second-order valence-corrected chi connectivity index (χ2v) is 3.97. The Morgan fingerprint density at radius 1 is 1.35 bits per heavy atom. The first-order valence-electron chi connectivity index (χ1n) is 5.49. The van der Waals surface area contributed by atoms with E-state index in [0.29, 0.717) is 6.54 Å². The zero-order chi connectivity index (χ0) is 12.3. The molecule has 4 nitrogen and oxygen atoms in total. The number of nitrogens with zero attached hydrogens (tertiary/aromatic N) is 2. The minimum Gasteiger partial charge on any atom is -0.373 e. The molecule has 2 aromatic rings. The van der Waals surface area contributed by atoms with Crippen molar-refractivity contribution in [1.29, 1.82) is 0 Å². The normalized spacial score (nSPS) is 10.2. The van der Waals surface area contributed by atoms with E-state index in [-0.39, 0.29) is 5.56 Å². The summed E-state index contributed by atoms with van der Waals surface area (Å²) in [5.74, 6) is 0.824. The lowest BCUT2D eigenvalue weighted by Gasteiger charge is -2.06. The third-order valence-electron chi connectivity index (χ3n) is 2.59. The first-order chi connectivity index (χ1) is 8.19. The standard InChI is InChI=1S/C13H15N3O/c1-10-5-6-16(13(17)7-10)9-11-3-4-12(14-2)15-8-11/h3-8H,9H2,1-2H3,(H,14,15). The topological polar surface area (TPSA) is 46.9 Å². The lowest BCUT2D eigenvalue weighted by Crippen LogP contribution is -2.19. The molecule has 0 radical (unpaired) electrons. The Labute approximate surface area is 99.9 Å². The Balaban J connectivity index is 2.22. The average Bonchev–Trinajstić information content (AvgIpc) is 2.34. The molecule has 88 valence electrons. The van der Waals surface area contributed by atoms with Crippen LogP contribution < -0.4 is 10.9 Å². The minimum atomic E-state index is 0.0164. The van der Waals surface area contributed by atoms with Crippen LogP contribution in [0.1, 0.15) is 11.1 Å². The zero-order valence-corrected chi connectivity index (χ0v) is 9.97. The number of hydrogen-bond acceptors (Lipinski definition) is 3. The van der Waals surface area contributed by atoms with Crippen LogP contribution in [0.4, 0.5) is 5.82 Å². The van der Waals surface area contributed by atoms with Crippen LogP contribution in [0.5, 0.6) is 0 Å². The summed E-state index contributed by atoms with van der Waals surface area (Å²) in [5, 5.41) is 2.96. The number of hydrogen-bond donors (Lipinski definition) is 1. The van der Waals surface area contributed by atoms with Crippen LogP contribution in [0.2, 0.25) is 0 Å². The van der Waals surface area contributed by atoms with E-state index in [2.05, 4.69) is 10.3 Å². The van der Waals surface area contributed by atoms with Crippen molar-refractivity contribution >= 4 is 5.82 Å². The fraction of sp³-hybridized carbons (Fsp3) is 0.231. The van der Waals surface area contributed by atoms with Gasteiger partial charge in [-0.15, -0.1) is 0 Å². The summed E-state index contributed by atoms with van der Waals surface area (Å²) in [5.41, 5.74) is 2.01. The molecule has 0 saturated carbocycles. The van der Waals surface area contributed by atoms with Crippen LogP contribution in [0.3, 0.4) is 0 Å². The van der Waals surface area contributed by atoms with Gasteiger partial charge in [0.1, 0.15) is 5.82 Å². The van der Waals surface area contributed by atoms with Crippen molar-refractivity contribution < 1.29 is 0 Å². The van der Waals surface area contributed by atoms with Crippen molar-refractivity contribution in [3.05, 3.63) is 58.1 Å². The van der Waals surface area contributed by atoms with Crippen LogP contribution in [0, 0.1) is 6.92 Å². The number of nitrogens with one attached hydrogen (secondary N) is 1. The average molecular weight is 229 g/mol. The molecule has 1 N–H and O–H groups in total. The highest BCUT2D eigenvalue weighted by atomic mass is 16.1. The highest BCUT2D eigenvalue weighted by molar-refractivity contribution is 5.34. The number of aromatic nitrogens is 2. The van der Waals surface area contributed by atoms with Crippen LogP contribution in [-0.2, 0) is 6.54 Å². The van der Waals surface area contributed by atoms with E-state index in [9.17, 15) is 4.79 Å². The van der Waals surface area contributed by atoms with Gasteiger partial charge in [0, 0.05) is 25.5 Å². The number of pyridine rings is 2. The number of rotatable bonds is 3. The molecule has 0 aliphatic rings. The van der Waals surface area contributed by atoms with E-state index in [0.717, 1.165) is 16.9 Å². The lowest BCUT2D eigenvalue weighted by atomic mass is 10.2. The SMILES string of the molecule is CNc1ccc(Cn2ccc(C)cc2=O)cn1. The van der Waals surface area contributed by atoms with Gasteiger partial charge in [0.05, 0.1) is 6.54 Å². The molecule has 2 heterocycles. The van der Waals surface area contributed by atoms with Crippen LogP contribution in [-0.4, -0.2) is 16.6 Å². The van der Waals surface area contributed by atoms with E-state index >= 15 is 0 Å². The second kappa shape index (κ2) is 4.82. The first kappa shape index (κ1) is 11.4. The van der Waals surface area contributed by atoms with E-state index in [4.69, 9.17) is 0 Å². The summed E-state index contributed by atoms with van der Waals surface area (Å²) < 4.78 is 1.67. The van der Waals surface area contributed by atoms with Crippen molar-refractivity contribution in [3.8, 4) is 0 Å². The second-order valence-electron chi connectivity index (χ2n) is 3.97. The monoisotopic (exact) mass is 229 g/mol. The van der Waals surface area contributed by atoms with Gasteiger partial charge in [0.25, 0.3) is 5.56 Å². The molecule has 0 spiro atoms. The molecule has 0 aromatic carbocycles. The third kappa shape index (κ3) is 2.72. The molecule has 2 rings (SSSR count). The van der Waals surface area contributed by atoms with Crippen molar-refractivity contribution in [3.63, 3.8) is 0 Å². The molecule has 0 saturated heterocycles. The highest BCUT2D eigenvalue weighted by Gasteiger charge is 1.99. The Morgan fingerprint density at radius 3 is 2.76 bits per heavy atom. The molecular weight excluding hydrogens is 214 g/mol. The van der Waals surface area contributed by atoms with E-state index in [1.165, 1.54) is 0 Å². The Hall–Kier alpha value is -2.10. The molecule has 0 atom stereocenters. The summed E-state index contributed by atoms with van der Waals surface area (Å²) in [6.07, 6.45) is 3.59. The maximum atomic E-state index is 11.7. The first-order valence-corrected chi connectivity index (χ1v) is 5.49. The number of anilines is 1. The molecule has 0 aliphatic heterocycles. The van der Waals surface area contributed by atoms with Crippen LogP contribution >= 0.6 is 0 Å². The summed E-state index contributed by atoms with van der Waals surface area (Å²) in [6.45, 7) is 2.46. The molecule has 0 amide bonds. The van der Waals surface area contributed by atoms with Crippen molar-refractivity contribution in [2.75, 3.05) is 12.4 Å². The predicted molar refractivity (Wildman–Crippen MR) is 68.3 cm³/mol. The van der Waals surface area contributed by atoms with E-state index < -0.39 is 0 Å². The highest BCUT2D eigenvalue weighted by Crippen LogP contribution is 2.05. The predicted octanol–water partition coefficient (Wildman–Crippen LogP) is 1.64. The third-order valence-corrected chi connectivity index (χ3v) is 2.59. The maximum absolute atomic E-state index is 11.7. The zero-order valence-electron chi connectivity index (χ0n) is 9.97. The Bertz CT molecular complexity index is 558. The Kier molecular flexibility index (Phi) is 3.23. The van der Waals surface area contributed by atoms with Gasteiger partial charge in [-0.2, -0.15) is 0 Å².